The van der Waals surface area contributed by atoms with E-state index in [1.807, 2.05) is 12.3 Å². The van der Waals surface area contributed by atoms with Crippen LogP contribution in [0.4, 0.5) is 5.82 Å². The largest absolute Gasteiger partial charge is 0.363 e. The fraction of sp³-hybridized carbons (Fsp3) is 0.412. The molecule has 2 fully saturated rings. The van der Waals surface area contributed by atoms with Gasteiger partial charge in [0.25, 0.3) is 5.56 Å². The molecule has 0 bridgehead atoms. The molecule has 4 rings (SSSR count). The van der Waals surface area contributed by atoms with Gasteiger partial charge in [-0.25, -0.2) is 9.66 Å². The van der Waals surface area contributed by atoms with Gasteiger partial charge < -0.3 is 4.74 Å². The van der Waals surface area contributed by atoms with Gasteiger partial charge >= 0.3 is 0 Å². The molecule has 2 atom stereocenters. The second kappa shape index (κ2) is 6.66. The Morgan fingerprint density at radius 2 is 2.17 bits per heavy atom. The molecule has 0 amide bonds. The predicted octanol–water partition coefficient (Wildman–Crippen LogP) is 2.51. The zero-order valence-electron chi connectivity index (χ0n) is 13.2. The third kappa shape index (κ3) is 2.99. The van der Waals surface area contributed by atoms with Crippen LogP contribution >= 0.6 is 15.9 Å². The first kappa shape index (κ1) is 15.8. The van der Waals surface area contributed by atoms with Crippen LogP contribution in [0.5, 0.6) is 0 Å². The predicted molar refractivity (Wildman–Crippen MR) is 95.0 cm³/mol. The lowest BCUT2D eigenvalue weighted by atomic mass is 9.94. The molecule has 126 valence electrons. The third-order valence-electron chi connectivity index (χ3n) is 4.64. The van der Waals surface area contributed by atoms with Crippen molar-refractivity contribution in [1.29, 1.82) is 0 Å². The summed E-state index contributed by atoms with van der Waals surface area (Å²) in [5.41, 5.74) is 5.14. The molecule has 2 aromatic heterocycles. The van der Waals surface area contributed by atoms with Crippen molar-refractivity contribution in [2.45, 2.75) is 30.4 Å². The van der Waals surface area contributed by atoms with Crippen molar-refractivity contribution in [3.8, 4) is 0 Å². The minimum Gasteiger partial charge on any atom is -0.363 e. The van der Waals surface area contributed by atoms with Crippen LogP contribution in [0, 0.1) is 0 Å². The summed E-state index contributed by atoms with van der Waals surface area (Å²) < 4.78 is 7.03. The summed E-state index contributed by atoms with van der Waals surface area (Å²) in [6.45, 7) is 1.96. The standard InChI is InChI=1S/C17H19BrN4O2/c18-9-12-1-4-16(23)22(11-12)20-15-3-2-13(10-19-15)14-5-7-21(14)17-6-8-24-17/h1-4,10-11,14,17H,5-9H2,(H,19,20). The number of alkyl halides is 1. The Morgan fingerprint density at radius 3 is 2.75 bits per heavy atom. The molecule has 2 aliphatic heterocycles. The van der Waals surface area contributed by atoms with Crippen molar-refractivity contribution in [3.63, 3.8) is 0 Å². The molecule has 4 heterocycles. The van der Waals surface area contributed by atoms with E-state index in [-0.39, 0.29) is 11.8 Å². The highest BCUT2D eigenvalue weighted by atomic mass is 79.9. The number of halogens is 1. The maximum absolute atomic E-state index is 11.9. The minimum absolute atomic E-state index is 0.113. The lowest BCUT2D eigenvalue weighted by Gasteiger charge is -2.49. The van der Waals surface area contributed by atoms with E-state index in [1.165, 1.54) is 10.2 Å². The number of ether oxygens (including phenoxy) is 1. The highest BCUT2D eigenvalue weighted by Crippen LogP contribution is 2.38. The van der Waals surface area contributed by atoms with Gasteiger partial charge in [0.2, 0.25) is 0 Å². The maximum atomic E-state index is 11.9. The second-order valence-corrected chi connectivity index (χ2v) is 6.68. The first-order valence-corrected chi connectivity index (χ1v) is 9.24. The van der Waals surface area contributed by atoms with E-state index in [9.17, 15) is 4.79 Å². The first-order valence-electron chi connectivity index (χ1n) is 8.12. The molecule has 2 aliphatic rings. The number of pyridine rings is 2. The number of anilines is 1. The third-order valence-corrected chi connectivity index (χ3v) is 5.29. The van der Waals surface area contributed by atoms with Crippen molar-refractivity contribution in [1.82, 2.24) is 14.6 Å². The van der Waals surface area contributed by atoms with Crippen LogP contribution in [0.3, 0.4) is 0 Å². The summed E-state index contributed by atoms with van der Waals surface area (Å²) in [7, 11) is 0. The van der Waals surface area contributed by atoms with E-state index in [1.54, 1.807) is 18.3 Å². The Hall–Kier alpha value is -1.70. The lowest BCUT2D eigenvalue weighted by molar-refractivity contribution is -0.185. The van der Waals surface area contributed by atoms with Crippen LogP contribution in [0.15, 0.2) is 41.5 Å². The number of hydrogen-bond donors (Lipinski definition) is 1. The smallest absolute Gasteiger partial charge is 0.269 e. The van der Waals surface area contributed by atoms with Gasteiger partial charge in [-0.05, 0) is 23.6 Å². The van der Waals surface area contributed by atoms with Crippen LogP contribution in [-0.4, -0.2) is 33.9 Å². The molecule has 7 heteroatoms. The summed E-state index contributed by atoms with van der Waals surface area (Å²) in [5.74, 6) is 0.651. The fourth-order valence-electron chi connectivity index (χ4n) is 3.08. The van der Waals surface area contributed by atoms with Gasteiger partial charge in [-0.1, -0.05) is 28.1 Å². The van der Waals surface area contributed by atoms with Gasteiger partial charge in [-0.15, -0.1) is 0 Å². The van der Waals surface area contributed by atoms with E-state index >= 15 is 0 Å². The van der Waals surface area contributed by atoms with Crippen molar-refractivity contribution in [2.75, 3.05) is 18.6 Å². The van der Waals surface area contributed by atoms with E-state index in [2.05, 4.69) is 37.3 Å². The molecule has 2 saturated heterocycles. The van der Waals surface area contributed by atoms with Gasteiger partial charge in [0, 0.05) is 42.8 Å². The Morgan fingerprint density at radius 1 is 1.29 bits per heavy atom. The van der Waals surface area contributed by atoms with Crippen LogP contribution in [-0.2, 0) is 10.1 Å². The summed E-state index contributed by atoms with van der Waals surface area (Å²) in [4.78, 5) is 18.8. The zero-order valence-corrected chi connectivity index (χ0v) is 14.8. The zero-order chi connectivity index (χ0) is 16.5. The van der Waals surface area contributed by atoms with Crippen molar-refractivity contribution >= 4 is 21.7 Å². The molecule has 0 saturated carbocycles. The van der Waals surface area contributed by atoms with Crippen LogP contribution in [0.1, 0.15) is 30.0 Å². The number of nitrogens with zero attached hydrogens (tertiary/aromatic N) is 3. The van der Waals surface area contributed by atoms with E-state index in [0.29, 0.717) is 17.2 Å². The maximum Gasteiger partial charge on any atom is 0.269 e. The summed E-state index contributed by atoms with van der Waals surface area (Å²) >= 11 is 3.40. The van der Waals surface area contributed by atoms with E-state index in [4.69, 9.17) is 4.74 Å². The summed E-state index contributed by atoms with van der Waals surface area (Å²) in [6.07, 6.45) is 6.20. The van der Waals surface area contributed by atoms with Crippen molar-refractivity contribution < 1.29 is 4.74 Å². The van der Waals surface area contributed by atoms with Gasteiger partial charge in [0.05, 0.1) is 6.61 Å². The van der Waals surface area contributed by atoms with Gasteiger partial charge in [0.1, 0.15) is 12.0 Å². The molecule has 24 heavy (non-hydrogen) atoms. The lowest BCUT2D eigenvalue weighted by Crippen LogP contribution is -2.53. The Kier molecular flexibility index (Phi) is 4.39. The molecule has 0 radical (unpaired) electrons. The first-order chi connectivity index (χ1) is 11.7. The molecular formula is C17H19BrN4O2. The average molecular weight is 391 g/mol. The summed E-state index contributed by atoms with van der Waals surface area (Å²) in [5, 5.41) is 0.697. The Labute approximate surface area is 148 Å². The Bertz CT molecular complexity index is 773. The number of rotatable bonds is 5. The number of nitrogens with one attached hydrogen (secondary N) is 1. The van der Waals surface area contributed by atoms with E-state index < -0.39 is 0 Å². The Balaban J connectivity index is 1.47. The molecule has 0 aromatic carbocycles. The molecular weight excluding hydrogens is 372 g/mol. The topological polar surface area (TPSA) is 59.4 Å². The SMILES string of the molecule is O=c1ccc(CBr)cn1Nc1ccc(C2CCN2C2CCO2)cn1. The van der Waals surface area contributed by atoms with Crippen LogP contribution < -0.4 is 11.0 Å². The van der Waals surface area contributed by atoms with Gasteiger partial charge in [-0.3, -0.25) is 15.1 Å². The minimum atomic E-state index is -0.113. The number of hydrogen-bond acceptors (Lipinski definition) is 5. The number of aromatic nitrogens is 2. The molecule has 1 N–H and O–H groups in total. The monoisotopic (exact) mass is 390 g/mol. The van der Waals surface area contributed by atoms with Crippen LogP contribution in [0.25, 0.3) is 0 Å². The molecule has 0 aliphatic carbocycles. The van der Waals surface area contributed by atoms with Crippen molar-refractivity contribution in [3.05, 3.63) is 58.1 Å². The number of likely N-dealkylation sites (tertiary alicyclic amines) is 1. The van der Waals surface area contributed by atoms with Gasteiger partial charge in [0.15, 0.2) is 0 Å². The normalized spacial score (nSPS) is 23.4. The average Bonchev–Trinajstić information content (AvgIpc) is 2.53. The fourth-order valence-corrected chi connectivity index (χ4v) is 3.42. The second-order valence-electron chi connectivity index (χ2n) is 6.12. The molecule has 2 aromatic rings. The van der Waals surface area contributed by atoms with Crippen molar-refractivity contribution in [2.24, 2.45) is 0 Å². The van der Waals surface area contributed by atoms with Crippen LogP contribution in [0.2, 0.25) is 0 Å². The highest BCUT2D eigenvalue weighted by molar-refractivity contribution is 9.08. The molecule has 6 nitrogen and oxygen atoms in total. The molecule has 0 spiro atoms. The molecule has 2 unspecified atom stereocenters. The van der Waals surface area contributed by atoms with E-state index in [0.717, 1.165) is 31.6 Å². The van der Waals surface area contributed by atoms with Gasteiger partial charge in [-0.2, -0.15) is 0 Å². The quantitative estimate of drug-likeness (QED) is 0.794. The highest BCUT2D eigenvalue weighted by Gasteiger charge is 2.38. The summed E-state index contributed by atoms with van der Waals surface area (Å²) in [6, 6.07) is 7.74.